The highest BCUT2D eigenvalue weighted by molar-refractivity contribution is 5.76. The Morgan fingerprint density at radius 3 is 2.83 bits per heavy atom. The first-order valence-electron chi connectivity index (χ1n) is 8.00. The molecule has 23 heavy (non-hydrogen) atoms. The zero-order chi connectivity index (χ0) is 16.2. The quantitative estimate of drug-likeness (QED) is 0.868. The van der Waals surface area contributed by atoms with E-state index < -0.39 is 0 Å². The first-order chi connectivity index (χ1) is 11.2. The Morgan fingerprint density at radius 2 is 2.09 bits per heavy atom. The number of benzene rings is 1. The van der Waals surface area contributed by atoms with Crippen molar-refractivity contribution in [1.29, 1.82) is 0 Å². The Balaban J connectivity index is 1.68. The Hall–Kier alpha value is -2.31. The van der Waals surface area contributed by atoms with Crippen LogP contribution >= 0.6 is 0 Å². The van der Waals surface area contributed by atoms with Crippen LogP contribution in [0.3, 0.4) is 0 Å². The topological polar surface area (TPSA) is 63.9 Å². The number of carbonyl (C=O) groups excluding carboxylic acids is 1. The van der Waals surface area contributed by atoms with Gasteiger partial charge in [-0.3, -0.25) is 4.79 Å². The van der Waals surface area contributed by atoms with E-state index in [0.29, 0.717) is 17.4 Å². The number of halogens is 1. The maximum Gasteiger partial charge on any atom is 0.246 e. The molecule has 0 bridgehead atoms. The van der Waals surface area contributed by atoms with Crippen LogP contribution in [0.5, 0.6) is 0 Å². The molecular formula is C16H20FN5O. The van der Waals surface area contributed by atoms with E-state index in [-0.39, 0.29) is 18.3 Å². The fourth-order valence-corrected chi connectivity index (χ4v) is 2.99. The first kappa shape index (κ1) is 15.6. The van der Waals surface area contributed by atoms with Crippen LogP contribution in [0.2, 0.25) is 0 Å². The number of hydrogen-bond donors (Lipinski definition) is 0. The van der Waals surface area contributed by atoms with Crippen molar-refractivity contribution in [2.45, 2.75) is 45.2 Å². The molecule has 1 unspecified atom stereocenters. The summed E-state index contributed by atoms with van der Waals surface area (Å²) >= 11 is 0. The number of rotatable bonds is 4. The van der Waals surface area contributed by atoms with Gasteiger partial charge in [0.05, 0.1) is 0 Å². The van der Waals surface area contributed by atoms with Crippen LogP contribution in [0.25, 0.3) is 11.4 Å². The van der Waals surface area contributed by atoms with Crippen molar-refractivity contribution in [1.82, 2.24) is 25.1 Å². The Kier molecular flexibility index (Phi) is 4.64. The molecule has 2 heterocycles. The number of nitrogens with zero attached hydrogens (tertiary/aromatic N) is 5. The highest BCUT2D eigenvalue weighted by Crippen LogP contribution is 2.20. The van der Waals surface area contributed by atoms with Gasteiger partial charge in [0.1, 0.15) is 12.4 Å². The molecule has 7 heteroatoms. The average molecular weight is 317 g/mol. The number of carbonyl (C=O) groups is 1. The summed E-state index contributed by atoms with van der Waals surface area (Å²) in [4.78, 5) is 15.7. The second kappa shape index (κ2) is 6.85. The predicted octanol–water partition coefficient (Wildman–Crippen LogP) is 2.27. The lowest BCUT2D eigenvalue weighted by Crippen LogP contribution is -2.45. The van der Waals surface area contributed by atoms with E-state index in [9.17, 15) is 9.18 Å². The lowest BCUT2D eigenvalue weighted by atomic mass is 10.00. The molecule has 1 fully saturated rings. The smallest absolute Gasteiger partial charge is 0.246 e. The van der Waals surface area contributed by atoms with E-state index in [1.807, 2.05) is 4.90 Å². The number of amides is 1. The monoisotopic (exact) mass is 317 g/mol. The predicted molar refractivity (Wildman–Crippen MR) is 82.9 cm³/mol. The van der Waals surface area contributed by atoms with Gasteiger partial charge in [-0.05, 0) is 55.2 Å². The molecule has 1 atom stereocenters. The molecule has 1 amide bonds. The molecule has 0 radical (unpaired) electrons. The second-order valence-electron chi connectivity index (χ2n) is 5.80. The van der Waals surface area contributed by atoms with E-state index in [2.05, 4.69) is 22.3 Å². The van der Waals surface area contributed by atoms with Crippen LogP contribution in [0.1, 0.15) is 32.6 Å². The summed E-state index contributed by atoms with van der Waals surface area (Å²) in [5, 5.41) is 12.1. The van der Waals surface area contributed by atoms with E-state index >= 15 is 0 Å². The third-order valence-corrected chi connectivity index (χ3v) is 4.25. The van der Waals surface area contributed by atoms with Gasteiger partial charge < -0.3 is 4.90 Å². The molecule has 122 valence electrons. The minimum atomic E-state index is -0.313. The van der Waals surface area contributed by atoms with Gasteiger partial charge >= 0.3 is 0 Å². The average Bonchev–Trinajstić information content (AvgIpc) is 3.04. The van der Waals surface area contributed by atoms with Crippen molar-refractivity contribution in [3.63, 3.8) is 0 Å². The lowest BCUT2D eigenvalue weighted by molar-refractivity contribution is -0.136. The van der Waals surface area contributed by atoms with Crippen molar-refractivity contribution >= 4 is 5.91 Å². The molecule has 0 N–H and O–H groups in total. The van der Waals surface area contributed by atoms with Gasteiger partial charge in [0.25, 0.3) is 0 Å². The third-order valence-electron chi connectivity index (χ3n) is 4.25. The van der Waals surface area contributed by atoms with Crippen molar-refractivity contribution in [2.24, 2.45) is 0 Å². The summed E-state index contributed by atoms with van der Waals surface area (Å²) in [5.41, 5.74) is 0.675. The minimum absolute atomic E-state index is 0.0274. The number of piperidine rings is 1. The molecule has 0 aliphatic carbocycles. The van der Waals surface area contributed by atoms with E-state index in [1.54, 1.807) is 12.1 Å². The summed E-state index contributed by atoms with van der Waals surface area (Å²) in [6.07, 6.45) is 4.26. The second-order valence-corrected chi connectivity index (χ2v) is 5.80. The van der Waals surface area contributed by atoms with Gasteiger partial charge in [-0.1, -0.05) is 6.92 Å². The lowest BCUT2D eigenvalue weighted by Gasteiger charge is -2.35. The van der Waals surface area contributed by atoms with Crippen LogP contribution < -0.4 is 0 Å². The van der Waals surface area contributed by atoms with E-state index in [0.717, 1.165) is 25.8 Å². The summed E-state index contributed by atoms with van der Waals surface area (Å²) in [5.74, 6) is 0.107. The van der Waals surface area contributed by atoms with Crippen molar-refractivity contribution in [2.75, 3.05) is 6.54 Å². The highest BCUT2D eigenvalue weighted by Gasteiger charge is 2.25. The molecule has 6 nitrogen and oxygen atoms in total. The van der Waals surface area contributed by atoms with Crippen molar-refractivity contribution < 1.29 is 9.18 Å². The zero-order valence-corrected chi connectivity index (χ0v) is 13.2. The van der Waals surface area contributed by atoms with Crippen LogP contribution in [0, 0.1) is 5.82 Å². The molecule has 3 rings (SSSR count). The fraction of sp³-hybridized carbons (Fsp3) is 0.500. The van der Waals surface area contributed by atoms with Gasteiger partial charge in [0.15, 0.2) is 0 Å². The molecule has 2 aromatic rings. The van der Waals surface area contributed by atoms with Crippen LogP contribution in [0.4, 0.5) is 4.39 Å². The van der Waals surface area contributed by atoms with Gasteiger partial charge in [0.2, 0.25) is 11.7 Å². The normalized spacial score (nSPS) is 18.2. The van der Waals surface area contributed by atoms with Gasteiger partial charge in [-0.2, -0.15) is 4.80 Å². The maximum atomic E-state index is 12.9. The van der Waals surface area contributed by atoms with Crippen molar-refractivity contribution in [3.05, 3.63) is 30.1 Å². The standard InChI is InChI=1S/C16H20FN5O/c1-2-14-5-3-4-10-21(14)15(23)11-22-19-16(18-20-22)12-6-8-13(17)9-7-12/h6-9,14H,2-5,10-11H2,1H3. The summed E-state index contributed by atoms with van der Waals surface area (Å²) in [6.45, 7) is 3.00. The third kappa shape index (κ3) is 3.55. The molecule has 1 saturated heterocycles. The number of tetrazole rings is 1. The molecule has 1 aromatic carbocycles. The largest absolute Gasteiger partial charge is 0.338 e. The number of hydrogen-bond acceptors (Lipinski definition) is 4. The summed E-state index contributed by atoms with van der Waals surface area (Å²) in [7, 11) is 0. The molecule has 0 spiro atoms. The summed E-state index contributed by atoms with van der Waals surface area (Å²) in [6, 6.07) is 6.20. The van der Waals surface area contributed by atoms with Crippen LogP contribution in [-0.2, 0) is 11.3 Å². The van der Waals surface area contributed by atoms with Crippen molar-refractivity contribution in [3.8, 4) is 11.4 Å². The van der Waals surface area contributed by atoms with Crippen LogP contribution in [-0.4, -0.2) is 43.6 Å². The Labute approximate surface area is 134 Å². The molecule has 1 aliphatic rings. The summed E-state index contributed by atoms with van der Waals surface area (Å²) < 4.78 is 12.9. The van der Waals surface area contributed by atoms with Gasteiger partial charge in [-0.25, -0.2) is 4.39 Å². The highest BCUT2D eigenvalue weighted by atomic mass is 19.1. The molecule has 1 aromatic heterocycles. The first-order valence-corrected chi connectivity index (χ1v) is 8.00. The molecule has 1 aliphatic heterocycles. The van der Waals surface area contributed by atoms with Gasteiger partial charge in [0, 0.05) is 18.2 Å². The van der Waals surface area contributed by atoms with E-state index in [1.165, 1.54) is 23.4 Å². The minimum Gasteiger partial charge on any atom is -0.338 e. The number of likely N-dealkylation sites (tertiary alicyclic amines) is 1. The Morgan fingerprint density at radius 1 is 1.30 bits per heavy atom. The maximum absolute atomic E-state index is 12.9. The van der Waals surface area contributed by atoms with Crippen LogP contribution in [0.15, 0.2) is 24.3 Å². The van der Waals surface area contributed by atoms with E-state index in [4.69, 9.17) is 0 Å². The number of aromatic nitrogens is 4. The zero-order valence-electron chi connectivity index (χ0n) is 13.2. The molecule has 0 saturated carbocycles. The molecular weight excluding hydrogens is 297 g/mol. The van der Waals surface area contributed by atoms with Gasteiger partial charge in [-0.15, -0.1) is 10.2 Å². The Bertz CT molecular complexity index is 669. The fourth-order valence-electron chi connectivity index (χ4n) is 2.99. The SMILES string of the molecule is CCC1CCCCN1C(=O)Cn1nnc(-c2ccc(F)cc2)n1.